The number of hydrogen-bond donors (Lipinski definition) is 1. The van der Waals surface area contributed by atoms with Crippen LogP contribution in [0.3, 0.4) is 0 Å². The van der Waals surface area contributed by atoms with E-state index < -0.39 is 17.5 Å². The van der Waals surface area contributed by atoms with Crippen LogP contribution in [-0.4, -0.2) is 42.7 Å². The molecule has 0 bridgehead atoms. The quantitative estimate of drug-likeness (QED) is 0.850. The number of carbonyl (C=O) groups excluding carboxylic acids is 1. The van der Waals surface area contributed by atoms with Gasteiger partial charge in [-0.15, -0.1) is 0 Å². The molecule has 1 fully saturated rings. The molecule has 1 aliphatic heterocycles. The summed E-state index contributed by atoms with van der Waals surface area (Å²) in [6, 6.07) is 1.50. The van der Waals surface area contributed by atoms with Crippen molar-refractivity contribution in [2.75, 3.05) is 19.6 Å². The van der Waals surface area contributed by atoms with Crippen molar-refractivity contribution in [1.29, 1.82) is 5.26 Å². The number of nitrogens with one attached hydrogen (secondary N) is 1. The summed E-state index contributed by atoms with van der Waals surface area (Å²) < 4.78 is 39.8. The van der Waals surface area contributed by atoms with Crippen molar-refractivity contribution in [3.63, 3.8) is 0 Å². The molecule has 19 heavy (non-hydrogen) atoms. The second kappa shape index (κ2) is 5.78. The molecule has 7 heteroatoms. The fraction of sp³-hybridized carbons (Fsp3) is 0.833. The summed E-state index contributed by atoms with van der Waals surface area (Å²) in [6.45, 7) is 3.13. The average Bonchev–Trinajstić information content (AvgIpc) is 2.78. The summed E-state index contributed by atoms with van der Waals surface area (Å²) in [4.78, 5) is 13.5. The maximum Gasteiger partial charge on any atom is 0.404 e. The zero-order valence-corrected chi connectivity index (χ0v) is 11.0. The van der Waals surface area contributed by atoms with E-state index >= 15 is 0 Å². The number of carbonyl (C=O) groups is 1. The van der Waals surface area contributed by atoms with Gasteiger partial charge in [-0.25, -0.2) is 0 Å². The molecule has 0 aliphatic carbocycles. The third kappa shape index (κ3) is 3.00. The Kier molecular flexibility index (Phi) is 4.80. The van der Waals surface area contributed by atoms with Gasteiger partial charge in [0.05, 0.1) is 12.5 Å². The molecule has 108 valence electrons. The minimum atomic E-state index is -4.58. The van der Waals surface area contributed by atoms with Gasteiger partial charge in [-0.05, 0) is 26.8 Å². The molecule has 0 aromatic carbocycles. The minimum Gasteiger partial charge on any atom is -0.338 e. The molecule has 1 amide bonds. The molecule has 1 saturated heterocycles. The van der Waals surface area contributed by atoms with Gasteiger partial charge in [0.1, 0.15) is 0 Å². The normalized spacial score (nSPS) is 23.4. The van der Waals surface area contributed by atoms with Crippen LogP contribution in [0.1, 0.15) is 26.7 Å². The summed E-state index contributed by atoms with van der Waals surface area (Å²) in [5.41, 5.74) is -2.34. The highest BCUT2D eigenvalue weighted by Crippen LogP contribution is 2.44. The van der Waals surface area contributed by atoms with E-state index in [2.05, 4.69) is 5.32 Å². The molecule has 1 unspecified atom stereocenters. The first-order valence-corrected chi connectivity index (χ1v) is 6.22. The van der Waals surface area contributed by atoms with Crippen LogP contribution in [0.5, 0.6) is 0 Å². The zero-order valence-electron chi connectivity index (χ0n) is 11.0. The van der Waals surface area contributed by atoms with Gasteiger partial charge in [0, 0.05) is 19.1 Å². The first kappa shape index (κ1) is 15.8. The van der Waals surface area contributed by atoms with Gasteiger partial charge in [0.25, 0.3) is 0 Å². The van der Waals surface area contributed by atoms with Crippen LogP contribution in [0.4, 0.5) is 13.2 Å². The Hall–Kier alpha value is -1.29. The summed E-state index contributed by atoms with van der Waals surface area (Å²) in [6.07, 6.45) is -4.79. The zero-order chi connectivity index (χ0) is 14.7. The first-order valence-electron chi connectivity index (χ1n) is 6.22. The highest BCUT2D eigenvalue weighted by Gasteiger charge is 2.62. The SMILES string of the molecule is CC(C)N(CCC#N)C(=O)C1(C(F)(F)F)CCNC1. The largest absolute Gasteiger partial charge is 0.404 e. The number of alkyl halides is 3. The maximum atomic E-state index is 13.3. The predicted octanol–water partition coefficient (Wildman–Crippen LogP) is 1.68. The van der Waals surface area contributed by atoms with E-state index in [4.69, 9.17) is 5.26 Å². The summed E-state index contributed by atoms with van der Waals surface area (Å²) >= 11 is 0. The van der Waals surface area contributed by atoms with Crippen molar-refractivity contribution in [1.82, 2.24) is 10.2 Å². The fourth-order valence-corrected chi connectivity index (χ4v) is 2.28. The molecular formula is C12H18F3N3O. The Morgan fingerprint density at radius 3 is 2.53 bits per heavy atom. The first-order chi connectivity index (χ1) is 8.76. The maximum absolute atomic E-state index is 13.3. The number of rotatable bonds is 4. The number of hydrogen-bond acceptors (Lipinski definition) is 3. The van der Waals surface area contributed by atoms with Gasteiger partial charge < -0.3 is 10.2 Å². The van der Waals surface area contributed by atoms with Gasteiger partial charge in [-0.2, -0.15) is 18.4 Å². The number of nitrogens with zero attached hydrogens (tertiary/aromatic N) is 2. The molecule has 1 heterocycles. The molecule has 1 rings (SSSR count). The Morgan fingerprint density at radius 2 is 2.16 bits per heavy atom. The van der Waals surface area contributed by atoms with Crippen LogP contribution >= 0.6 is 0 Å². The molecule has 0 radical (unpaired) electrons. The summed E-state index contributed by atoms with van der Waals surface area (Å²) in [7, 11) is 0. The second-order valence-corrected chi connectivity index (χ2v) is 5.01. The molecule has 0 spiro atoms. The number of nitriles is 1. The monoisotopic (exact) mass is 277 g/mol. The van der Waals surface area contributed by atoms with Gasteiger partial charge >= 0.3 is 6.18 Å². The van der Waals surface area contributed by atoms with Crippen molar-refractivity contribution >= 4 is 5.91 Å². The average molecular weight is 277 g/mol. The summed E-state index contributed by atoms with van der Waals surface area (Å²) in [5.74, 6) is -0.921. The van der Waals surface area contributed by atoms with Gasteiger partial charge in [0.2, 0.25) is 5.91 Å². The Bertz CT molecular complexity index is 367. The molecule has 0 saturated carbocycles. The van der Waals surface area contributed by atoms with E-state index in [0.29, 0.717) is 0 Å². The molecule has 1 N–H and O–H groups in total. The third-order valence-corrected chi connectivity index (χ3v) is 3.46. The summed E-state index contributed by atoms with van der Waals surface area (Å²) in [5, 5.41) is 11.2. The minimum absolute atomic E-state index is 0.0326. The predicted molar refractivity (Wildman–Crippen MR) is 63.1 cm³/mol. The van der Waals surface area contributed by atoms with Gasteiger partial charge in [0.15, 0.2) is 5.41 Å². The lowest BCUT2D eigenvalue weighted by Crippen LogP contribution is -2.55. The number of halogens is 3. The Labute approximate surface area is 110 Å². The van der Waals surface area contributed by atoms with Crippen molar-refractivity contribution in [3.05, 3.63) is 0 Å². The molecule has 0 aromatic heterocycles. The standard InChI is InChI=1S/C12H18F3N3O/c1-9(2)18(7-3-5-16)10(19)11(12(13,14)15)4-6-17-8-11/h9,17H,3-4,6-8H2,1-2H3. The van der Waals surface area contributed by atoms with Crippen LogP contribution in [-0.2, 0) is 4.79 Å². The van der Waals surface area contributed by atoms with E-state index in [0.717, 1.165) is 4.90 Å². The Morgan fingerprint density at radius 1 is 1.53 bits per heavy atom. The lowest BCUT2D eigenvalue weighted by Gasteiger charge is -2.37. The van der Waals surface area contributed by atoms with Crippen LogP contribution < -0.4 is 5.32 Å². The molecule has 1 aliphatic rings. The van der Waals surface area contributed by atoms with E-state index in [-0.39, 0.29) is 38.5 Å². The lowest BCUT2D eigenvalue weighted by atomic mass is 9.84. The lowest BCUT2D eigenvalue weighted by molar-refractivity contribution is -0.222. The molecule has 0 aromatic rings. The molecule has 4 nitrogen and oxygen atoms in total. The van der Waals surface area contributed by atoms with Crippen molar-refractivity contribution in [2.24, 2.45) is 5.41 Å². The van der Waals surface area contributed by atoms with E-state index in [1.54, 1.807) is 13.8 Å². The fourth-order valence-electron chi connectivity index (χ4n) is 2.28. The van der Waals surface area contributed by atoms with Crippen molar-refractivity contribution in [2.45, 2.75) is 38.9 Å². The van der Waals surface area contributed by atoms with Crippen molar-refractivity contribution < 1.29 is 18.0 Å². The van der Waals surface area contributed by atoms with E-state index in [9.17, 15) is 18.0 Å². The van der Waals surface area contributed by atoms with Crippen LogP contribution in [0.25, 0.3) is 0 Å². The second-order valence-electron chi connectivity index (χ2n) is 5.01. The van der Waals surface area contributed by atoms with Gasteiger partial charge in [-0.1, -0.05) is 0 Å². The molecule has 1 atom stereocenters. The topological polar surface area (TPSA) is 56.1 Å². The van der Waals surface area contributed by atoms with Crippen LogP contribution in [0, 0.1) is 16.7 Å². The third-order valence-electron chi connectivity index (χ3n) is 3.46. The number of amides is 1. The van der Waals surface area contributed by atoms with Crippen LogP contribution in [0.2, 0.25) is 0 Å². The molecular weight excluding hydrogens is 259 g/mol. The highest BCUT2D eigenvalue weighted by atomic mass is 19.4. The Balaban J connectivity index is 3.02. The van der Waals surface area contributed by atoms with Crippen LogP contribution in [0.15, 0.2) is 0 Å². The van der Waals surface area contributed by atoms with Gasteiger partial charge in [-0.3, -0.25) is 4.79 Å². The van der Waals surface area contributed by atoms with E-state index in [1.165, 1.54) is 0 Å². The van der Waals surface area contributed by atoms with Crippen molar-refractivity contribution in [3.8, 4) is 6.07 Å². The van der Waals surface area contributed by atoms with E-state index in [1.807, 2.05) is 6.07 Å². The highest BCUT2D eigenvalue weighted by molar-refractivity contribution is 5.84. The smallest absolute Gasteiger partial charge is 0.338 e.